The molecule has 4 heteroatoms. The third-order valence-corrected chi connectivity index (χ3v) is 2.95. The van der Waals surface area contributed by atoms with Crippen LogP contribution in [-0.2, 0) is 14.3 Å². The highest BCUT2D eigenvalue weighted by molar-refractivity contribution is 5.72. The maximum absolute atomic E-state index is 11.7. The number of hydrogen-bond donors (Lipinski definition) is 1. The van der Waals surface area contributed by atoms with Gasteiger partial charge in [0.2, 0.25) is 5.91 Å². The van der Waals surface area contributed by atoms with E-state index < -0.39 is 0 Å². The molecule has 0 unspecified atom stereocenters. The Morgan fingerprint density at radius 1 is 1.05 bits per heavy atom. The van der Waals surface area contributed by atoms with E-state index >= 15 is 0 Å². The first-order valence-corrected chi connectivity index (χ1v) is 7.54. The molecule has 0 aromatic heterocycles. The summed E-state index contributed by atoms with van der Waals surface area (Å²) in [7, 11) is 0. The summed E-state index contributed by atoms with van der Waals surface area (Å²) < 4.78 is 5.47. The number of carbonyl (C=O) groups is 2. The van der Waals surface area contributed by atoms with Crippen molar-refractivity contribution in [2.24, 2.45) is 0 Å². The molecule has 1 N–H and O–H groups in total. The first kappa shape index (κ1) is 17.9. The zero-order valence-corrected chi connectivity index (χ0v) is 12.7. The van der Waals surface area contributed by atoms with Gasteiger partial charge in [-0.2, -0.15) is 0 Å². The summed E-state index contributed by atoms with van der Waals surface area (Å²) in [4.78, 5) is 22.3. The topological polar surface area (TPSA) is 55.4 Å². The van der Waals surface area contributed by atoms with Crippen LogP contribution >= 0.6 is 0 Å². The lowest BCUT2D eigenvalue weighted by Gasteiger charge is -2.16. The van der Waals surface area contributed by atoms with Crippen LogP contribution in [0.15, 0.2) is 0 Å². The molecule has 0 saturated carbocycles. The van der Waals surface area contributed by atoms with Crippen molar-refractivity contribution >= 4 is 11.9 Å². The fraction of sp³-hybridized carbons (Fsp3) is 0.867. The molecule has 0 bridgehead atoms. The van der Waals surface area contributed by atoms with E-state index in [1.807, 2.05) is 0 Å². The largest absolute Gasteiger partial charge is 0.462 e. The van der Waals surface area contributed by atoms with Crippen LogP contribution in [0.2, 0.25) is 0 Å². The van der Waals surface area contributed by atoms with Gasteiger partial charge in [0.15, 0.2) is 0 Å². The molecule has 0 atom stereocenters. The Labute approximate surface area is 117 Å². The standard InChI is InChI=1S/C15H29NO3/c1-4-9-14(10-5-2)19-15(18)11-7-6-8-12-16-13(3)17/h14H,4-12H2,1-3H3,(H,16,17). The van der Waals surface area contributed by atoms with Gasteiger partial charge >= 0.3 is 5.97 Å². The number of carbonyl (C=O) groups excluding carboxylic acids is 2. The molecule has 0 radical (unpaired) electrons. The molecule has 0 aromatic rings. The van der Waals surface area contributed by atoms with Crippen LogP contribution in [0.25, 0.3) is 0 Å². The first-order valence-electron chi connectivity index (χ1n) is 7.54. The Morgan fingerprint density at radius 2 is 1.68 bits per heavy atom. The van der Waals surface area contributed by atoms with Gasteiger partial charge in [0.25, 0.3) is 0 Å². The molecule has 0 rings (SSSR count). The number of ether oxygens (including phenoxy) is 1. The van der Waals surface area contributed by atoms with Gasteiger partial charge in [-0.25, -0.2) is 0 Å². The van der Waals surface area contributed by atoms with Crippen molar-refractivity contribution in [3.05, 3.63) is 0 Å². The van der Waals surface area contributed by atoms with E-state index in [-0.39, 0.29) is 18.0 Å². The normalized spacial score (nSPS) is 10.5. The van der Waals surface area contributed by atoms with Gasteiger partial charge in [0.05, 0.1) is 0 Å². The summed E-state index contributed by atoms with van der Waals surface area (Å²) in [6.07, 6.45) is 7.31. The molecule has 1 amide bonds. The van der Waals surface area contributed by atoms with Gasteiger partial charge < -0.3 is 10.1 Å². The molecule has 112 valence electrons. The van der Waals surface area contributed by atoms with Crippen LogP contribution in [0.3, 0.4) is 0 Å². The SMILES string of the molecule is CCCC(CCC)OC(=O)CCCCCNC(C)=O. The van der Waals surface area contributed by atoms with Gasteiger partial charge in [-0.1, -0.05) is 33.1 Å². The van der Waals surface area contributed by atoms with Crippen molar-refractivity contribution < 1.29 is 14.3 Å². The zero-order chi connectivity index (χ0) is 14.5. The van der Waals surface area contributed by atoms with Crippen molar-refractivity contribution in [1.82, 2.24) is 5.32 Å². The van der Waals surface area contributed by atoms with E-state index in [4.69, 9.17) is 4.74 Å². The quantitative estimate of drug-likeness (QED) is 0.464. The predicted molar refractivity (Wildman–Crippen MR) is 76.8 cm³/mol. The van der Waals surface area contributed by atoms with Gasteiger partial charge in [0, 0.05) is 19.9 Å². The van der Waals surface area contributed by atoms with Crippen molar-refractivity contribution in [3.63, 3.8) is 0 Å². The Balaban J connectivity index is 3.58. The van der Waals surface area contributed by atoms with Gasteiger partial charge in [-0.3, -0.25) is 9.59 Å². The summed E-state index contributed by atoms with van der Waals surface area (Å²) in [5.41, 5.74) is 0. The lowest BCUT2D eigenvalue weighted by molar-refractivity contribution is -0.149. The molecule has 19 heavy (non-hydrogen) atoms. The van der Waals surface area contributed by atoms with Crippen molar-refractivity contribution in [2.45, 2.75) is 78.2 Å². The maximum atomic E-state index is 11.7. The number of unbranched alkanes of at least 4 members (excludes halogenated alkanes) is 2. The Bertz CT molecular complexity index is 248. The summed E-state index contributed by atoms with van der Waals surface area (Å²) in [6, 6.07) is 0. The van der Waals surface area contributed by atoms with Gasteiger partial charge in [-0.15, -0.1) is 0 Å². The molecule has 0 fully saturated rings. The summed E-state index contributed by atoms with van der Waals surface area (Å²) >= 11 is 0. The van der Waals surface area contributed by atoms with E-state index in [1.54, 1.807) is 0 Å². The Kier molecular flexibility index (Phi) is 11.3. The number of hydrogen-bond acceptors (Lipinski definition) is 3. The lowest BCUT2D eigenvalue weighted by atomic mass is 10.1. The number of rotatable bonds is 11. The number of amides is 1. The third kappa shape index (κ3) is 11.7. The van der Waals surface area contributed by atoms with Crippen molar-refractivity contribution in [3.8, 4) is 0 Å². The second-order valence-electron chi connectivity index (χ2n) is 4.98. The zero-order valence-electron chi connectivity index (χ0n) is 12.7. The lowest BCUT2D eigenvalue weighted by Crippen LogP contribution is -2.21. The number of esters is 1. The molecule has 0 aliphatic heterocycles. The Morgan fingerprint density at radius 3 is 2.21 bits per heavy atom. The smallest absolute Gasteiger partial charge is 0.306 e. The average molecular weight is 271 g/mol. The molecule has 0 heterocycles. The molecule has 0 spiro atoms. The molecule has 0 aliphatic carbocycles. The molecular weight excluding hydrogens is 242 g/mol. The fourth-order valence-electron chi connectivity index (χ4n) is 1.99. The summed E-state index contributed by atoms with van der Waals surface area (Å²) in [6.45, 7) is 6.43. The van der Waals surface area contributed by atoms with E-state index in [0.29, 0.717) is 13.0 Å². The molecule has 0 aromatic carbocycles. The summed E-state index contributed by atoms with van der Waals surface area (Å²) in [5.74, 6) is -0.0761. The van der Waals surface area contributed by atoms with Crippen molar-refractivity contribution in [2.75, 3.05) is 6.54 Å². The van der Waals surface area contributed by atoms with Gasteiger partial charge in [0.1, 0.15) is 6.10 Å². The van der Waals surface area contributed by atoms with Crippen LogP contribution in [0, 0.1) is 0 Å². The molecule has 0 saturated heterocycles. The fourth-order valence-corrected chi connectivity index (χ4v) is 1.99. The predicted octanol–water partition coefficient (Wildman–Crippen LogP) is 3.19. The van der Waals surface area contributed by atoms with E-state index in [0.717, 1.165) is 44.9 Å². The minimum atomic E-state index is -0.0774. The van der Waals surface area contributed by atoms with Crippen LogP contribution in [-0.4, -0.2) is 24.5 Å². The average Bonchev–Trinajstić information content (AvgIpc) is 2.34. The summed E-state index contributed by atoms with van der Waals surface area (Å²) in [5, 5.41) is 2.74. The Hall–Kier alpha value is -1.06. The monoisotopic (exact) mass is 271 g/mol. The van der Waals surface area contributed by atoms with Crippen LogP contribution in [0.1, 0.15) is 72.1 Å². The van der Waals surface area contributed by atoms with Crippen LogP contribution in [0.4, 0.5) is 0 Å². The third-order valence-electron chi connectivity index (χ3n) is 2.95. The maximum Gasteiger partial charge on any atom is 0.306 e. The minimum absolute atomic E-state index is 0.00128. The van der Waals surface area contributed by atoms with E-state index in [9.17, 15) is 9.59 Å². The highest BCUT2D eigenvalue weighted by Crippen LogP contribution is 2.11. The second kappa shape index (κ2) is 12.0. The number of nitrogens with one attached hydrogen (secondary N) is 1. The van der Waals surface area contributed by atoms with E-state index in [1.165, 1.54) is 6.92 Å². The first-order chi connectivity index (χ1) is 9.10. The highest BCUT2D eigenvalue weighted by atomic mass is 16.5. The molecular formula is C15H29NO3. The van der Waals surface area contributed by atoms with Crippen LogP contribution in [0.5, 0.6) is 0 Å². The van der Waals surface area contributed by atoms with E-state index in [2.05, 4.69) is 19.2 Å². The molecule has 0 aliphatic rings. The molecule has 4 nitrogen and oxygen atoms in total. The highest BCUT2D eigenvalue weighted by Gasteiger charge is 2.12. The minimum Gasteiger partial charge on any atom is -0.462 e. The second-order valence-corrected chi connectivity index (χ2v) is 4.98. The van der Waals surface area contributed by atoms with Crippen LogP contribution < -0.4 is 5.32 Å². The van der Waals surface area contributed by atoms with Gasteiger partial charge in [-0.05, 0) is 25.7 Å². The van der Waals surface area contributed by atoms with Crippen molar-refractivity contribution in [1.29, 1.82) is 0 Å².